The first kappa shape index (κ1) is 11.9. The number of hydrogen-bond donors (Lipinski definition) is 2. The van der Waals surface area contributed by atoms with Crippen LogP contribution in [-0.2, 0) is 0 Å². The fraction of sp³-hybridized carbons (Fsp3) is 0.273. The summed E-state index contributed by atoms with van der Waals surface area (Å²) in [7, 11) is 0. The molecule has 0 radical (unpaired) electrons. The number of aromatic nitrogens is 2. The smallest absolute Gasteiger partial charge is 0.258 e. The summed E-state index contributed by atoms with van der Waals surface area (Å²) in [6.45, 7) is 3.72. The lowest BCUT2D eigenvalue weighted by atomic mass is 10.0. The molecule has 0 spiro atoms. The summed E-state index contributed by atoms with van der Waals surface area (Å²) >= 11 is 0. The second-order valence-electron chi connectivity index (χ2n) is 3.24. The highest BCUT2D eigenvalue weighted by Crippen LogP contribution is 2.13. The molecule has 0 aliphatic rings. The normalized spacial score (nSPS) is 10.9. The quantitative estimate of drug-likeness (QED) is 0.749. The highest BCUT2D eigenvalue weighted by atomic mass is 16.1. The van der Waals surface area contributed by atoms with Crippen molar-refractivity contribution in [2.24, 2.45) is 0 Å². The molecule has 0 aromatic carbocycles. The Hall–Kier alpha value is -2.22. The van der Waals surface area contributed by atoms with Gasteiger partial charge in [-0.1, -0.05) is 13.0 Å². The molecule has 0 unspecified atom stereocenters. The average molecular weight is 216 g/mol. The van der Waals surface area contributed by atoms with Gasteiger partial charge >= 0.3 is 0 Å². The van der Waals surface area contributed by atoms with Crippen LogP contribution in [0.15, 0.2) is 17.2 Å². The maximum absolute atomic E-state index is 11.6. The van der Waals surface area contributed by atoms with Crippen molar-refractivity contribution in [2.75, 3.05) is 0 Å². The third-order valence-electron chi connectivity index (χ3n) is 2.11. The van der Waals surface area contributed by atoms with E-state index in [1.54, 1.807) is 13.0 Å². The van der Waals surface area contributed by atoms with Crippen molar-refractivity contribution >= 4 is 11.3 Å². The van der Waals surface area contributed by atoms with Crippen LogP contribution in [0.25, 0.3) is 5.57 Å². The highest BCUT2D eigenvalue weighted by Gasteiger charge is 2.13. The third-order valence-corrected chi connectivity index (χ3v) is 2.11. The molecular weight excluding hydrogens is 204 g/mol. The number of hydrogen-bond acceptors (Lipinski definition) is 4. The van der Waals surface area contributed by atoms with E-state index in [1.807, 2.05) is 13.0 Å². The van der Waals surface area contributed by atoms with Crippen LogP contribution in [0.4, 0.5) is 0 Å². The molecule has 1 rings (SSSR count). The van der Waals surface area contributed by atoms with Crippen molar-refractivity contribution in [3.05, 3.63) is 34.0 Å². The first-order valence-corrected chi connectivity index (χ1v) is 4.85. The van der Waals surface area contributed by atoms with Crippen molar-refractivity contribution in [3.63, 3.8) is 0 Å². The van der Waals surface area contributed by atoms with Gasteiger partial charge in [0.25, 0.3) is 5.56 Å². The molecular formula is C11H12N4O. The minimum absolute atomic E-state index is 0.133. The predicted octanol–water partition coefficient (Wildman–Crippen LogP) is 1.47. The summed E-state index contributed by atoms with van der Waals surface area (Å²) in [4.78, 5) is 17.9. The summed E-state index contributed by atoms with van der Waals surface area (Å²) < 4.78 is 0. The average Bonchev–Trinajstić information content (AvgIpc) is 2.27. The van der Waals surface area contributed by atoms with Gasteiger partial charge in [0.15, 0.2) is 5.71 Å². The zero-order valence-corrected chi connectivity index (χ0v) is 9.16. The maximum Gasteiger partial charge on any atom is 0.258 e. The molecule has 0 saturated carbocycles. The van der Waals surface area contributed by atoms with E-state index in [0.717, 1.165) is 12.0 Å². The zero-order chi connectivity index (χ0) is 12.1. The number of aromatic amines is 1. The molecule has 0 atom stereocenters. The highest BCUT2D eigenvalue weighted by molar-refractivity contribution is 6.10. The number of nitrogens with zero attached hydrogens (tertiary/aromatic N) is 2. The van der Waals surface area contributed by atoms with Crippen molar-refractivity contribution in [1.82, 2.24) is 9.97 Å². The van der Waals surface area contributed by atoms with E-state index in [0.29, 0.717) is 5.56 Å². The standard InChI is InChI=1S/C11H12N4O/c1-3-4-7(2)9-10(8(13)5-12)14-6-15-11(9)16/h4,6,13H,3H2,1-2H3,(H,14,15,16)/b7-4-,13-8?. The van der Waals surface area contributed by atoms with E-state index in [2.05, 4.69) is 9.97 Å². The number of rotatable bonds is 3. The van der Waals surface area contributed by atoms with E-state index in [4.69, 9.17) is 10.7 Å². The Bertz CT molecular complexity index is 534. The maximum atomic E-state index is 11.6. The summed E-state index contributed by atoms with van der Waals surface area (Å²) in [5.74, 6) is 0. The Labute approximate surface area is 93.0 Å². The van der Waals surface area contributed by atoms with E-state index < -0.39 is 0 Å². The number of nitriles is 1. The summed E-state index contributed by atoms with van der Waals surface area (Å²) in [5.41, 5.74) is 0.536. The van der Waals surface area contributed by atoms with Gasteiger partial charge in [-0.05, 0) is 18.9 Å². The van der Waals surface area contributed by atoms with E-state index in [-0.39, 0.29) is 17.0 Å². The van der Waals surface area contributed by atoms with Crippen molar-refractivity contribution in [1.29, 1.82) is 10.7 Å². The van der Waals surface area contributed by atoms with Crippen LogP contribution in [0.2, 0.25) is 0 Å². The SMILES string of the molecule is CC/C=C(/C)c1c(C(=N)C#N)nc[nH]c1=O. The molecule has 0 aliphatic heterocycles. The van der Waals surface area contributed by atoms with E-state index >= 15 is 0 Å². The number of nitrogens with one attached hydrogen (secondary N) is 2. The van der Waals surface area contributed by atoms with E-state index in [1.165, 1.54) is 6.33 Å². The summed E-state index contributed by atoms with van der Waals surface area (Å²) in [6, 6.07) is 1.69. The third kappa shape index (κ3) is 2.23. The molecule has 0 fully saturated rings. The van der Waals surface area contributed by atoms with Gasteiger partial charge in [-0.2, -0.15) is 5.26 Å². The van der Waals surface area contributed by atoms with Crippen LogP contribution in [-0.4, -0.2) is 15.7 Å². The second-order valence-corrected chi connectivity index (χ2v) is 3.24. The molecule has 0 amide bonds. The van der Waals surface area contributed by atoms with Crippen LogP contribution in [0.1, 0.15) is 31.5 Å². The summed E-state index contributed by atoms with van der Waals surface area (Å²) in [6.07, 6.45) is 3.84. The first-order chi connectivity index (χ1) is 7.61. The van der Waals surface area contributed by atoms with Gasteiger partial charge in [0, 0.05) is 0 Å². The molecule has 1 aromatic heterocycles. The summed E-state index contributed by atoms with van der Waals surface area (Å²) in [5, 5.41) is 16.1. The molecule has 82 valence electrons. The Morgan fingerprint density at radius 1 is 1.75 bits per heavy atom. The molecule has 5 heteroatoms. The first-order valence-electron chi connectivity index (χ1n) is 4.85. The Balaban J connectivity index is 3.48. The minimum Gasteiger partial charge on any atom is -0.313 e. The minimum atomic E-state index is -0.327. The van der Waals surface area contributed by atoms with Gasteiger partial charge in [-0.3, -0.25) is 10.2 Å². The monoisotopic (exact) mass is 216 g/mol. The van der Waals surface area contributed by atoms with Crippen molar-refractivity contribution in [3.8, 4) is 6.07 Å². The van der Waals surface area contributed by atoms with Gasteiger partial charge in [-0.15, -0.1) is 0 Å². The molecule has 0 saturated heterocycles. The fourth-order valence-electron chi connectivity index (χ4n) is 1.42. The molecule has 1 heterocycles. The van der Waals surface area contributed by atoms with Gasteiger partial charge < -0.3 is 4.98 Å². The van der Waals surface area contributed by atoms with Crippen LogP contribution < -0.4 is 5.56 Å². The lowest BCUT2D eigenvalue weighted by molar-refractivity contribution is 1.08. The van der Waals surface area contributed by atoms with Gasteiger partial charge in [-0.25, -0.2) is 4.98 Å². The van der Waals surface area contributed by atoms with Crippen LogP contribution in [0, 0.1) is 16.7 Å². The van der Waals surface area contributed by atoms with Crippen LogP contribution in [0.3, 0.4) is 0 Å². The lowest BCUT2D eigenvalue weighted by Gasteiger charge is -2.04. The van der Waals surface area contributed by atoms with E-state index in [9.17, 15) is 4.79 Å². The Morgan fingerprint density at radius 2 is 2.44 bits per heavy atom. The second kappa shape index (κ2) is 5.03. The molecule has 16 heavy (non-hydrogen) atoms. The van der Waals surface area contributed by atoms with Crippen molar-refractivity contribution < 1.29 is 0 Å². The zero-order valence-electron chi connectivity index (χ0n) is 9.16. The Morgan fingerprint density at radius 3 is 3.00 bits per heavy atom. The van der Waals surface area contributed by atoms with Gasteiger partial charge in [0.2, 0.25) is 0 Å². The lowest BCUT2D eigenvalue weighted by Crippen LogP contribution is -2.18. The van der Waals surface area contributed by atoms with Crippen LogP contribution >= 0.6 is 0 Å². The number of H-pyrrole nitrogens is 1. The molecule has 2 N–H and O–H groups in total. The molecule has 5 nitrogen and oxygen atoms in total. The molecule has 1 aromatic rings. The largest absolute Gasteiger partial charge is 0.313 e. The number of allylic oxidation sites excluding steroid dienone is 2. The Kier molecular flexibility index (Phi) is 3.72. The van der Waals surface area contributed by atoms with Gasteiger partial charge in [0.05, 0.1) is 11.9 Å². The molecule has 0 aliphatic carbocycles. The van der Waals surface area contributed by atoms with Crippen molar-refractivity contribution in [2.45, 2.75) is 20.3 Å². The van der Waals surface area contributed by atoms with Gasteiger partial charge in [0.1, 0.15) is 11.8 Å². The predicted molar refractivity (Wildman–Crippen MR) is 61.2 cm³/mol. The fourth-order valence-corrected chi connectivity index (χ4v) is 1.42. The topological polar surface area (TPSA) is 93.4 Å². The molecule has 0 bridgehead atoms. The van der Waals surface area contributed by atoms with Crippen LogP contribution in [0.5, 0.6) is 0 Å².